The number of benzene rings is 1. The maximum atomic E-state index is 12.2. The molecule has 1 N–H and O–H groups in total. The number of hydrogen-bond acceptors (Lipinski definition) is 3. The number of nitrogens with one attached hydrogen (secondary N) is 1. The molecule has 0 unspecified atom stereocenters. The van der Waals surface area contributed by atoms with Gasteiger partial charge in [-0.2, -0.15) is 0 Å². The van der Waals surface area contributed by atoms with E-state index < -0.39 is 0 Å². The first kappa shape index (κ1) is 15.4. The largest absolute Gasteiger partial charge is 0.348 e. The van der Waals surface area contributed by atoms with Crippen molar-refractivity contribution < 1.29 is 4.79 Å². The van der Waals surface area contributed by atoms with Crippen molar-refractivity contribution in [1.82, 2.24) is 15.3 Å². The molecule has 0 bridgehead atoms. The summed E-state index contributed by atoms with van der Waals surface area (Å²) in [4.78, 5) is 20.6. The molecule has 0 radical (unpaired) electrons. The number of rotatable bonds is 4. The van der Waals surface area contributed by atoms with Gasteiger partial charge in [-0.1, -0.05) is 28.1 Å². The first-order valence-electron chi connectivity index (χ1n) is 7.11. The lowest BCUT2D eigenvalue weighted by Gasteiger charge is -2.06. The molecule has 0 saturated carbocycles. The summed E-state index contributed by atoms with van der Waals surface area (Å²) in [6, 6.07) is 15.2. The quantitative estimate of drug-likeness (QED) is 0.762. The van der Waals surface area contributed by atoms with Crippen LogP contribution in [0.5, 0.6) is 0 Å². The first-order valence-corrected chi connectivity index (χ1v) is 7.91. The summed E-state index contributed by atoms with van der Waals surface area (Å²) < 4.78 is 1.02. The highest BCUT2D eigenvalue weighted by Crippen LogP contribution is 2.15. The van der Waals surface area contributed by atoms with E-state index in [0.717, 1.165) is 21.3 Å². The van der Waals surface area contributed by atoms with Crippen LogP contribution in [0.15, 0.2) is 71.6 Å². The Hall–Kier alpha value is -2.53. The van der Waals surface area contributed by atoms with E-state index >= 15 is 0 Å². The van der Waals surface area contributed by atoms with Crippen LogP contribution in [0.2, 0.25) is 0 Å². The summed E-state index contributed by atoms with van der Waals surface area (Å²) in [5, 5.41) is 2.89. The van der Waals surface area contributed by atoms with Gasteiger partial charge < -0.3 is 5.32 Å². The Morgan fingerprint density at radius 1 is 1.04 bits per heavy atom. The number of nitrogens with zero attached hydrogens (tertiary/aromatic N) is 2. The molecule has 0 aliphatic heterocycles. The number of hydrogen-bond donors (Lipinski definition) is 1. The zero-order chi connectivity index (χ0) is 16.1. The highest BCUT2D eigenvalue weighted by atomic mass is 79.9. The fourth-order valence-electron chi connectivity index (χ4n) is 2.10. The van der Waals surface area contributed by atoms with Gasteiger partial charge in [0.1, 0.15) is 0 Å². The van der Waals surface area contributed by atoms with Crippen LogP contribution in [0.3, 0.4) is 0 Å². The van der Waals surface area contributed by atoms with Gasteiger partial charge in [0.05, 0.1) is 11.3 Å². The van der Waals surface area contributed by atoms with Gasteiger partial charge in [0, 0.05) is 35.2 Å². The molecular formula is C18H14BrN3O. The van der Waals surface area contributed by atoms with Gasteiger partial charge in [-0.05, 0) is 42.0 Å². The third-order valence-electron chi connectivity index (χ3n) is 3.35. The summed E-state index contributed by atoms with van der Waals surface area (Å²) >= 11 is 3.39. The minimum absolute atomic E-state index is 0.141. The molecule has 3 rings (SSSR count). The van der Waals surface area contributed by atoms with Crippen LogP contribution in [-0.2, 0) is 6.54 Å². The van der Waals surface area contributed by atoms with Crippen LogP contribution in [0.25, 0.3) is 11.3 Å². The minimum atomic E-state index is -0.141. The number of pyridine rings is 2. The lowest BCUT2D eigenvalue weighted by molar-refractivity contribution is 0.0950. The average molecular weight is 368 g/mol. The van der Waals surface area contributed by atoms with Crippen LogP contribution >= 0.6 is 15.9 Å². The van der Waals surface area contributed by atoms with E-state index in [2.05, 4.69) is 31.2 Å². The van der Waals surface area contributed by atoms with Crippen molar-refractivity contribution >= 4 is 21.8 Å². The average Bonchev–Trinajstić information content (AvgIpc) is 2.62. The van der Waals surface area contributed by atoms with Crippen molar-refractivity contribution in [3.8, 4) is 11.3 Å². The molecular weight excluding hydrogens is 354 g/mol. The van der Waals surface area contributed by atoms with Crippen molar-refractivity contribution in [2.75, 3.05) is 0 Å². The Bertz CT molecular complexity index is 787. The molecule has 5 heteroatoms. The van der Waals surface area contributed by atoms with Gasteiger partial charge in [-0.15, -0.1) is 0 Å². The molecule has 0 saturated heterocycles. The minimum Gasteiger partial charge on any atom is -0.348 e. The van der Waals surface area contributed by atoms with E-state index in [4.69, 9.17) is 0 Å². The maximum absolute atomic E-state index is 12.2. The van der Waals surface area contributed by atoms with E-state index in [-0.39, 0.29) is 5.91 Å². The predicted molar refractivity (Wildman–Crippen MR) is 92.8 cm³/mol. The molecule has 1 aromatic carbocycles. The number of amides is 1. The number of aromatic nitrogens is 2. The summed E-state index contributed by atoms with van der Waals surface area (Å²) in [6.45, 7) is 0.483. The van der Waals surface area contributed by atoms with Crippen molar-refractivity contribution in [3.05, 3.63) is 82.7 Å². The monoisotopic (exact) mass is 367 g/mol. The Morgan fingerprint density at radius 3 is 2.52 bits per heavy atom. The molecule has 4 nitrogen and oxygen atoms in total. The second kappa shape index (κ2) is 7.15. The fourth-order valence-corrected chi connectivity index (χ4v) is 2.36. The molecule has 114 valence electrons. The Balaban J connectivity index is 1.65. The van der Waals surface area contributed by atoms with Crippen molar-refractivity contribution in [3.63, 3.8) is 0 Å². The first-order chi connectivity index (χ1) is 11.2. The van der Waals surface area contributed by atoms with Crippen LogP contribution in [0.1, 0.15) is 15.9 Å². The van der Waals surface area contributed by atoms with E-state index in [1.54, 1.807) is 24.7 Å². The summed E-state index contributed by atoms with van der Waals surface area (Å²) in [7, 11) is 0. The van der Waals surface area contributed by atoms with Crippen LogP contribution in [-0.4, -0.2) is 15.9 Å². The molecule has 0 fully saturated rings. The summed E-state index contributed by atoms with van der Waals surface area (Å²) in [5.74, 6) is -0.141. The third kappa shape index (κ3) is 4.02. The number of carbonyl (C=O) groups is 1. The second-order valence-electron chi connectivity index (χ2n) is 4.98. The topological polar surface area (TPSA) is 54.9 Å². The molecule has 0 spiro atoms. The van der Waals surface area contributed by atoms with Crippen LogP contribution in [0.4, 0.5) is 0 Å². The Labute approximate surface area is 142 Å². The van der Waals surface area contributed by atoms with Gasteiger partial charge in [-0.3, -0.25) is 14.8 Å². The van der Waals surface area contributed by atoms with Crippen LogP contribution < -0.4 is 5.32 Å². The standard InChI is InChI=1S/C18H14BrN3O/c19-16-6-3-13(4-7-16)10-22-18(23)15-5-8-17(21-12-15)14-2-1-9-20-11-14/h1-9,11-12H,10H2,(H,22,23). The normalized spacial score (nSPS) is 10.3. The van der Waals surface area contributed by atoms with Crippen LogP contribution in [0, 0.1) is 0 Å². The molecule has 0 aliphatic carbocycles. The van der Waals surface area contributed by atoms with Crippen molar-refractivity contribution in [1.29, 1.82) is 0 Å². The molecule has 2 aromatic heterocycles. The van der Waals surface area contributed by atoms with E-state index in [1.807, 2.05) is 42.5 Å². The maximum Gasteiger partial charge on any atom is 0.253 e. The van der Waals surface area contributed by atoms with E-state index in [9.17, 15) is 4.79 Å². The Morgan fingerprint density at radius 2 is 1.87 bits per heavy atom. The van der Waals surface area contributed by atoms with Gasteiger partial charge >= 0.3 is 0 Å². The number of halogens is 1. The van der Waals surface area contributed by atoms with Crippen molar-refractivity contribution in [2.24, 2.45) is 0 Å². The molecule has 23 heavy (non-hydrogen) atoms. The molecule has 0 atom stereocenters. The van der Waals surface area contributed by atoms with E-state index in [0.29, 0.717) is 12.1 Å². The second-order valence-corrected chi connectivity index (χ2v) is 5.90. The van der Waals surface area contributed by atoms with Gasteiger partial charge in [0.2, 0.25) is 0 Å². The highest BCUT2D eigenvalue weighted by Gasteiger charge is 2.07. The molecule has 3 aromatic rings. The summed E-state index contributed by atoms with van der Waals surface area (Å²) in [6.07, 6.45) is 5.04. The van der Waals surface area contributed by atoms with Gasteiger partial charge in [0.25, 0.3) is 5.91 Å². The smallest absolute Gasteiger partial charge is 0.253 e. The fraction of sp³-hybridized carbons (Fsp3) is 0.0556. The molecule has 1 amide bonds. The lowest BCUT2D eigenvalue weighted by atomic mass is 10.1. The van der Waals surface area contributed by atoms with Crippen molar-refractivity contribution in [2.45, 2.75) is 6.54 Å². The highest BCUT2D eigenvalue weighted by molar-refractivity contribution is 9.10. The van der Waals surface area contributed by atoms with E-state index in [1.165, 1.54) is 0 Å². The van der Waals surface area contributed by atoms with Gasteiger partial charge in [-0.25, -0.2) is 0 Å². The Kier molecular flexibility index (Phi) is 4.78. The SMILES string of the molecule is O=C(NCc1ccc(Br)cc1)c1ccc(-c2cccnc2)nc1. The predicted octanol–water partition coefficient (Wildman–Crippen LogP) is 3.84. The third-order valence-corrected chi connectivity index (χ3v) is 3.88. The zero-order valence-electron chi connectivity index (χ0n) is 12.2. The molecule has 2 heterocycles. The zero-order valence-corrected chi connectivity index (χ0v) is 13.8. The summed E-state index contributed by atoms with van der Waals surface area (Å²) in [5.41, 5.74) is 3.30. The lowest BCUT2D eigenvalue weighted by Crippen LogP contribution is -2.22. The molecule has 0 aliphatic rings. The number of carbonyl (C=O) groups excluding carboxylic acids is 1. The van der Waals surface area contributed by atoms with Gasteiger partial charge in [0.15, 0.2) is 0 Å².